The molecule has 0 bridgehead atoms. The summed E-state index contributed by atoms with van der Waals surface area (Å²) in [6, 6.07) is 18.6. The molecule has 2 amide bonds. The molecule has 2 heterocycles. The van der Waals surface area contributed by atoms with Gasteiger partial charge in [0.05, 0.1) is 38.4 Å². The van der Waals surface area contributed by atoms with Gasteiger partial charge in [-0.3, -0.25) is 9.59 Å². The predicted molar refractivity (Wildman–Crippen MR) is 164 cm³/mol. The van der Waals surface area contributed by atoms with Crippen molar-refractivity contribution in [3.05, 3.63) is 95.8 Å². The molecule has 2 aromatic rings. The van der Waals surface area contributed by atoms with Gasteiger partial charge in [-0.25, -0.2) is 9.69 Å². The van der Waals surface area contributed by atoms with E-state index in [1.807, 2.05) is 74.5 Å². The second kappa shape index (κ2) is 15.3. The van der Waals surface area contributed by atoms with Gasteiger partial charge in [-0.15, -0.1) is 0 Å². The van der Waals surface area contributed by atoms with E-state index in [0.29, 0.717) is 25.4 Å². The largest absolute Gasteiger partial charge is 0.482 e. The average Bonchev–Trinajstić information content (AvgIpc) is 3.26. The minimum atomic E-state index is -1.12. The van der Waals surface area contributed by atoms with Crippen molar-refractivity contribution in [2.75, 3.05) is 19.8 Å². The molecule has 1 saturated heterocycles. The van der Waals surface area contributed by atoms with Crippen LogP contribution in [0.5, 0.6) is 0 Å². The maximum absolute atomic E-state index is 14.1. The highest BCUT2D eigenvalue weighted by atomic mass is 16.6. The third kappa shape index (κ3) is 8.43. The molecular weight excluding hydrogens is 562 g/mol. The Morgan fingerprint density at radius 3 is 2.32 bits per heavy atom. The Balaban J connectivity index is 1.42. The van der Waals surface area contributed by atoms with Crippen LogP contribution in [0.2, 0.25) is 0 Å². The van der Waals surface area contributed by atoms with Crippen molar-refractivity contribution < 1.29 is 38.4 Å². The predicted octanol–water partition coefficient (Wildman–Crippen LogP) is 5.02. The number of hydrogen-bond donors (Lipinski definition) is 1. The Morgan fingerprint density at radius 2 is 1.68 bits per heavy atom. The summed E-state index contributed by atoms with van der Waals surface area (Å²) >= 11 is 0. The van der Waals surface area contributed by atoms with Gasteiger partial charge >= 0.3 is 6.09 Å². The topological polar surface area (TPSA) is 112 Å². The molecule has 1 fully saturated rings. The summed E-state index contributed by atoms with van der Waals surface area (Å²) in [6.45, 7) is 8.22. The minimum Gasteiger partial charge on any atom is -0.482 e. The van der Waals surface area contributed by atoms with Gasteiger partial charge in [-0.05, 0) is 62.0 Å². The molecule has 0 aromatic heterocycles. The van der Waals surface area contributed by atoms with E-state index in [9.17, 15) is 19.5 Å². The monoisotopic (exact) mass is 605 g/mol. The van der Waals surface area contributed by atoms with E-state index in [4.69, 9.17) is 18.9 Å². The van der Waals surface area contributed by atoms with Gasteiger partial charge in [0, 0.05) is 0 Å². The molecule has 9 nitrogen and oxygen atoms in total. The minimum absolute atomic E-state index is 0.0646. The molecule has 9 heteroatoms. The third-order valence-corrected chi connectivity index (χ3v) is 7.79. The molecule has 1 N–H and O–H groups in total. The second-order valence-corrected chi connectivity index (χ2v) is 12.0. The number of carbonyl (C=O) groups excluding carboxylic acids is 3. The number of carbonyl (C=O) groups is 3. The van der Waals surface area contributed by atoms with Gasteiger partial charge in [0.25, 0.3) is 0 Å². The van der Waals surface area contributed by atoms with Gasteiger partial charge < -0.3 is 24.1 Å². The van der Waals surface area contributed by atoms with Gasteiger partial charge in [-0.2, -0.15) is 0 Å². The third-order valence-electron chi connectivity index (χ3n) is 7.79. The average molecular weight is 606 g/mol. The standard InChI is InChI=1S/C35H43NO8/c1-24(2)32-35(3,4)44-34(40)36(32)33(39)29(20-25-12-7-5-8-13-25)31-30(38)18-17-27(43-31)16-11-19-41-23-28(21-37)42-22-26-14-9-6-10-15-26/h5-10,12-18,24,28-29,31-32,37H,11,19-23H2,1-4H3/t28-,29+,31+,32+/m1/s1. The number of aliphatic hydroxyl groups is 1. The molecule has 2 aromatic carbocycles. The summed E-state index contributed by atoms with van der Waals surface area (Å²) in [6.07, 6.45) is 3.18. The summed E-state index contributed by atoms with van der Waals surface area (Å²) in [5.41, 5.74) is 0.981. The number of benzene rings is 2. The van der Waals surface area contributed by atoms with Crippen molar-refractivity contribution in [1.29, 1.82) is 0 Å². The van der Waals surface area contributed by atoms with Crippen LogP contribution in [0.3, 0.4) is 0 Å². The van der Waals surface area contributed by atoms with Gasteiger partial charge in [0.15, 0.2) is 11.9 Å². The van der Waals surface area contributed by atoms with Gasteiger partial charge in [-0.1, -0.05) is 74.5 Å². The lowest BCUT2D eigenvalue weighted by molar-refractivity contribution is -0.144. The zero-order valence-electron chi connectivity index (χ0n) is 25.9. The van der Waals surface area contributed by atoms with E-state index < -0.39 is 41.8 Å². The maximum Gasteiger partial charge on any atom is 0.417 e. The molecular formula is C35H43NO8. The number of amides is 2. The smallest absolute Gasteiger partial charge is 0.417 e. The van der Waals surface area contributed by atoms with Crippen LogP contribution < -0.4 is 0 Å². The SMILES string of the molecule is CC(C)[C@@H]1N(C(=O)[C@@H](Cc2ccccc2)[C@@H]2OC(=CCCOC[C@@H](CO)OCc3ccccc3)C=CC2=O)C(=O)OC1(C)C. The Hall–Kier alpha value is -3.79. The van der Waals surface area contributed by atoms with Crippen LogP contribution in [0.25, 0.3) is 0 Å². The quantitative estimate of drug-likeness (QED) is 0.299. The molecule has 4 atom stereocenters. The van der Waals surface area contributed by atoms with Crippen molar-refractivity contribution in [3.63, 3.8) is 0 Å². The van der Waals surface area contributed by atoms with Gasteiger partial charge in [0.2, 0.25) is 5.91 Å². The molecule has 0 radical (unpaired) electrons. The Kier molecular flexibility index (Phi) is 11.5. The Morgan fingerprint density at radius 1 is 1.02 bits per heavy atom. The molecule has 236 valence electrons. The molecule has 0 unspecified atom stereocenters. The number of hydrogen-bond acceptors (Lipinski definition) is 8. The van der Waals surface area contributed by atoms with Crippen molar-refractivity contribution in [2.24, 2.45) is 11.8 Å². The summed E-state index contributed by atoms with van der Waals surface area (Å²) in [4.78, 5) is 41.5. The van der Waals surface area contributed by atoms with E-state index >= 15 is 0 Å². The lowest BCUT2D eigenvalue weighted by Crippen LogP contribution is -2.53. The zero-order chi connectivity index (χ0) is 31.7. The zero-order valence-corrected chi connectivity index (χ0v) is 25.9. The fourth-order valence-electron chi connectivity index (χ4n) is 5.80. The number of aliphatic hydroxyl groups excluding tert-OH is 1. The van der Waals surface area contributed by atoms with E-state index in [0.717, 1.165) is 11.1 Å². The fraction of sp³-hybridized carbons (Fsp3) is 0.457. The van der Waals surface area contributed by atoms with Crippen LogP contribution in [0, 0.1) is 11.8 Å². The molecule has 0 aliphatic carbocycles. The van der Waals surface area contributed by atoms with Crippen LogP contribution in [-0.2, 0) is 41.6 Å². The normalized spacial score (nSPS) is 21.8. The van der Waals surface area contributed by atoms with E-state index in [2.05, 4.69) is 0 Å². The summed E-state index contributed by atoms with van der Waals surface area (Å²) in [7, 11) is 0. The van der Waals surface area contributed by atoms with Crippen molar-refractivity contribution in [3.8, 4) is 0 Å². The number of imide groups is 1. The lowest BCUT2D eigenvalue weighted by atomic mass is 9.85. The van der Waals surface area contributed by atoms with Gasteiger partial charge in [0.1, 0.15) is 17.5 Å². The number of nitrogens with zero attached hydrogens (tertiary/aromatic N) is 1. The summed E-state index contributed by atoms with van der Waals surface area (Å²) in [5, 5.41) is 9.65. The van der Waals surface area contributed by atoms with Crippen LogP contribution in [-0.4, -0.2) is 71.5 Å². The molecule has 2 aliphatic rings. The first kappa shape index (κ1) is 33.1. The molecule has 4 rings (SSSR count). The summed E-state index contributed by atoms with van der Waals surface area (Å²) < 4.78 is 23.2. The lowest BCUT2D eigenvalue weighted by Gasteiger charge is -2.35. The number of ether oxygens (including phenoxy) is 4. The van der Waals surface area contributed by atoms with Crippen LogP contribution in [0.4, 0.5) is 4.79 Å². The van der Waals surface area contributed by atoms with Crippen LogP contribution in [0.1, 0.15) is 45.2 Å². The maximum atomic E-state index is 14.1. The highest BCUT2D eigenvalue weighted by Crippen LogP contribution is 2.37. The first-order chi connectivity index (χ1) is 21.1. The molecule has 0 spiro atoms. The first-order valence-corrected chi connectivity index (χ1v) is 15.1. The van der Waals surface area contributed by atoms with E-state index in [-0.39, 0.29) is 31.3 Å². The van der Waals surface area contributed by atoms with Crippen LogP contribution >= 0.6 is 0 Å². The van der Waals surface area contributed by atoms with Crippen molar-refractivity contribution in [2.45, 2.75) is 71.0 Å². The molecule has 2 aliphatic heterocycles. The van der Waals surface area contributed by atoms with Crippen LogP contribution in [0.15, 0.2) is 84.7 Å². The number of cyclic esters (lactones) is 1. The van der Waals surface area contributed by atoms with Crippen molar-refractivity contribution >= 4 is 17.8 Å². The molecule has 44 heavy (non-hydrogen) atoms. The Labute approximate surface area is 259 Å². The van der Waals surface area contributed by atoms with E-state index in [1.165, 1.54) is 11.0 Å². The van der Waals surface area contributed by atoms with Crippen molar-refractivity contribution in [1.82, 2.24) is 4.90 Å². The number of ketones is 1. The summed E-state index contributed by atoms with van der Waals surface area (Å²) in [5.74, 6) is -1.42. The highest BCUT2D eigenvalue weighted by molar-refractivity contribution is 6.02. The second-order valence-electron chi connectivity index (χ2n) is 12.0. The highest BCUT2D eigenvalue weighted by Gasteiger charge is 2.54. The Bertz CT molecular complexity index is 1320. The molecule has 0 saturated carbocycles. The first-order valence-electron chi connectivity index (χ1n) is 15.1. The van der Waals surface area contributed by atoms with E-state index in [1.54, 1.807) is 26.0 Å². The fourth-order valence-corrected chi connectivity index (χ4v) is 5.80. The number of rotatable bonds is 14. The number of allylic oxidation sites excluding steroid dienone is 1.